The van der Waals surface area contributed by atoms with Crippen LogP contribution in [0.1, 0.15) is 37.7 Å². The van der Waals surface area contributed by atoms with Crippen LogP contribution < -0.4 is 15.0 Å². The highest BCUT2D eigenvalue weighted by Gasteiger charge is 2.48. The lowest BCUT2D eigenvalue weighted by Gasteiger charge is -2.34. The molecular weight excluding hydrogens is 584 g/mol. The molecule has 2 aromatic heterocycles. The quantitative estimate of drug-likeness (QED) is 0.225. The fourth-order valence-corrected chi connectivity index (χ4v) is 7.84. The van der Waals surface area contributed by atoms with Gasteiger partial charge in [0.1, 0.15) is 29.5 Å². The third-order valence-electron chi connectivity index (χ3n) is 9.96. The minimum atomic E-state index is -1.63. The van der Waals surface area contributed by atoms with Gasteiger partial charge in [-0.2, -0.15) is 18.7 Å². The van der Waals surface area contributed by atoms with Crippen LogP contribution in [0.3, 0.4) is 0 Å². The van der Waals surface area contributed by atoms with Gasteiger partial charge in [-0.25, -0.2) is 8.78 Å². The Balaban J connectivity index is 1.25. The second-order valence-corrected chi connectivity index (χ2v) is 12.6. The van der Waals surface area contributed by atoms with E-state index in [0.717, 1.165) is 19.3 Å². The topological polar surface area (TPSA) is 66.4 Å². The summed E-state index contributed by atoms with van der Waals surface area (Å²) >= 11 is 0. The molecule has 4 fully saturated rings. The fourth-order valence-electron chi connectivity index (χ4n) is 7.84. The van der Waals surface area contributed by atoms with Crippen molar-refractivity contribution in [3.63, 3.8) is 0 Å². The summed E-state index contributed by atoms with van der Waals surface area (Å²) in [6, 6.07) is 8.64. The molecule has 4 aliphatic heterocycles. The average Bonchev–Trinajstić information content (AvgIpc) is 3.71. The molecule has 2 aromatic carbocycles. The maximum absolute atomic E-state index is 16.7. The Morgan fingerprint density at radius 2 is 1.93 bits per heavy atom. The molecule has 1 N–H and O–H groups in total. The van der Waals surface area contributed by atoms with Gasteiger partial charge in [0.15, 0.2) is 5.82 Å². The molecule has 7 nitrogen and oxygen atoms in total. The summed E-state index contributed by atoms with van der Waals surface area (Å²) in [5, 5.41) is 5.08. The molecule has 3 atom stereocenters. The fraction of sp³-hybridized carbons (Fsp3) is 0.382. The van der Waals surface area contributed by atoms with Crippen LogP contribution in [0.15, 0.2) is 48.2 Å². The first-order valence-electron chi connectivity index (χ1n) is 15.3. The molecule has 45 heavy (non-hydrogen) atoms. The van der Waals surface area contributed by atoms with Crippen LogP contribution in [0.5, 0.6) is 6.01 Å². The smallest absolute Gasteiger partial charge is 0.319 e. The van der Waals surface area contributed by atoms with Crippen molar-refractivity contribution in [2.45, 2.75) is 49.7 Å². The van der Waals surface area contributed by atoms with Gasteiger partial charge in [-0.3, -0.25) is 9.88 Å². The van der Waals surface area contributed by atoms with Crippen molar-refractivity contribution in [1.82, 2.24) is 25.2 Å². The summed E-state index contributed by atoms with van der Waals surface area (Å²) in [7, 11) is 0. The SMILES string of the molecule is C#Cc1c(F)ccc2cccc(-c3ncc4c(N5CC6CCC(C5)N6)nc(OC[C@@]56CCCN5CC(=C(F)F)C6)nc4c3F)c12. The lowest BCUT2D eigenvalue weighted by Crippen LogP contribution is -2.51. The molecule has 4 aromatic rings. The number of halogens is 4. The molecule has 0 aliphatic carbocycles. The molecule has 0 spiro atoms. The number of rotatable bonds is 5. The van der Waals surface area contributed by atoms with Crippen molar-refractivity contribution < 1.29 is 22.3 Å². The van der Waals surface area contributed by atoms with E-state index in [2.05, 4.69) is 26.1 Å². The Morgan fingerprint density at radius 1 is 1.11 bits per heavy atom. The van der Waals surface area contributed by atoms with Crippen molar-refractivity contribution in [2.24, 2.45) is 0 Å². The lowest BCUT2D eigenvalue weighted by molar-refractivity contribution is 0.108. The van der Waals surface area contributed by atoms with Crippen molar-refractivity contribution in [1.29, 1.82) is 0 Å². The summed E-state index contributed by atoms with van der Waals surface area (Å²) in [6.07, 6.45) is 9.50. The third-order valence-corrected chi connectivity index (χ3v) is 9.96. The summed E-state index contributed by atoms with van der Waals surface area (Å²) in [5.41, 5.74) is -0.0648. The highest BCUT2D eigenvalue weighted by atomic mass is 19.3. The van der Waals surface area contributed by atoms with Gasteiger partial charge >= 0.3 is 6.01 Å². The second kappa shape index (κ2) is 10.7. The zero-order valence-corrected chi connectivity index (χ0v) is 24.4. The van der Waals surface area contributed by atoms with E-state index in [1.807, 2.05) is 4.90 Å². The van der Waals surface area contributed by atoms with Gasteiger partial charge in [-0.15, -0.1) is 6.42 Å². The molecule has 0 saturated carbocycles. The predicted octanol–water partition coefficient (Wildman–Crippen LogP) is 5.81. The molecule has 0 amide bonds. The van der Waals surface area contributed by atoms with Crippen LogP contribution in [-0.2, 0) is 0 Å². The molecule has 11 heteroatoms. The number of nitrogens with zero attached hydrogens (tertiary/aromatic N) is 5. The molecule has 0 radical (unpaired) electrons. The van der Waals surface area contributed by atoms with Crippen LogP contribution in [-0.4, -0.2) is 70.3 Å². The maximum Gasteiger partial charge on any atom is 0.319 e. The van der Waals surface area contributed by atoms with Gasteiger partial charge in [0, 0.05) is 54.4 Å². The molecule has 230 valence electrons. The van der Waals surface area contributed by atoms with E-state index in [9.17, 15) is 13.2 Å². The molecule has 6 heterocycles. The summed E-state index contributed by atoms with van der Waals surface area (Å²) in [4.78, 5) is 18.0. The molecule has 2 unspecified atom stereocenters. The number of fused-ring (bicyclic) bond motifs is 5. The monoisotopic (exact) mass is 614 g/mol. The lowest BCUT2D eigenvalue weighted by atomic mass is 9.94. The Labute approximate surface area is 257 Å². The zero-order chi connectivity index (χ0) is 30.9. The number of hydrogen-bond acceptors (Lipinski definition) is 7. The van der Waals surface area contributed by atoms with E-state index in [-0.39, 0.29) is 60.0 Å². The first-order chi connectivity index (χ1) is 21.8. The number of pyridine rings is 1. The average molecular weight is 615 g/mol. The number of hydrogen-bond donors (Lipinski definition) is 1. The maximum atomic E-state index is 16.7. The van der Waals surface area contributed by atoms with Gasteiger partial charge in [-0.1, -0.05) is 30.2 Å². The minimum absolute atomic E-state index is 0.0177. The number of nitrogens with one attached hydrogen (secondary N) is 1. The van der Waals surface area contributed by atoms with Gasteiger partial charge < -0.3 is 15.0 Å². The number of aromatic nitrogens is 3. The van der Waals surface area contributed by atoms with E-state index >= 15 is 4.39 Å². The summed E-state index contributed by atoms with van der Waals surface area (Å²) < 4.78 is 64.9. The van der Waals surface area contributed by atoms with Crippen molar-refractivity contribution in [3.05, 3.63) is 65.4 Å². The van der Waals surface area contributed by atoms with Gasteiger partial charge in [0.05, 0.1) is 16.5 Å². The Morgan fingerprint density at radius 3 is 2.71 bits per heavy atom. The van der Waals surface area contributed by atoms with Crippen LogP contribution in [0.25, 0.3) is 32.9 Å². The summed E-state index contributed by atoms with van der Waals surface area (Å²) in [5.74, 6) is 1.65. The minimum Gasteiger partial charge on any atom is -0.461 e. The van der Waals surface area contributed by atoms with Crippen LogP contribution in [0.4, 0.5) is 23.4 Å². The van der Waals surface area contributed by atoms with Crippen LogP contribution >= 0.6 is 0 Å². The molecule has 8 rings (SSSR count). The number of terminal acetylenes is 1. The van der Waals surface area contributed by atoms with E-state index in [1.165, 1.54) is 6.07 Å². The number of anilines is 1. The molecule has 4 aliphatic rings. The first kappa shape index (κ1) is 28.2. The van der Waals surface area contributed by atoms with Crippen molar-refractivity contribution in [2.75, 3.05) is 37.7 Å². The van der Waals surface area contributed by atoms with E-state index < -0.39 is 23.3 Å². The number of benzene rings is 2. The Hall–Kier alpha value is -4.27. The number of ether oxygens (including phenoxy) is 1. The Kier molecular flexibility index (Phi) is 6.69. The molecule has 4 saturated heterocycles. The van der Waals surface area contributed by atoms with E-state index in [4.69, 9.17) is 16.1 Å². The highest BCUT2D eigenvalue weighted by Crippen LogP contribution is 2.43. The molecular formula is C34H30F4N6O. The summed E-state index contributed by atoms with van der Waals surface area (Å²) in [6.45, 7) is 2.40. The van der Waals surface area contributed by atoms with Gasteiger partial charge in [-0.05, 0) is 50.1 Å². The standard InChI is InChI=1S/C34H30F4N6O/c1-2-23-26(35)10-7-19-5-3-6-24(27(19)23)29-28(36)30-25(14-39-29)32(43-16-21-8-9-22(17-43)40-21)42-33(41-30)45-18-34-11-4-12-44(34)15-20(13-34)31(37)38/h1,3,5-7,10,14,21-22,40H,4,8-9,11-13,15-18H2/t21?,22?,34-/m0/s1. The highest BCUT2D eigenvalue weighted by molar-refractivity contribution is 6.02. The zero-order valence-electron chi connectivity index (χ0n) is 24.4. The van der Waals surface area contributed by atoms with Crippen LogP contribution in [0, 0.1) is 24.0 Å². The second-order valence-electron chi connectivity index (χ2n) is 12.6. The van der Waals surface area contributed by atoms with Gasteiger partial charge in [0.2, 0.25) is 0 Å². The normalized spacial score (nSPS) is 24.4. The van der Waals surface area contributed by atoms with E-state index in [1.54, 1.807) is 30.5 Å². The van der Waals surface area contributed by atoms with Crippen LogP contribution in [0.2, 0.25) is 0 Å². The van der Waals surface area contributed by atoms with Crippen molar-refractivity contribution >= 4 is 27.5 Å². The van der Waals surface area contributed by atoms with E-state index in [0.29, 0.717) is 53.6 Å². The van der Waals surface area contributed by atoms with Crippen molar-refractivity contribution in [3.8, 4) is 29.6 Å². The molecule has 2 bridgehead atoms. The number of piperazine rings is 1. The largest absolute Gasteiger partial charge is 0.461 e. The Bertz CT molecular complexity index is 1930. The van der Waals surface area contributed by atoms with Gasteiger partial charge in [0.25, 0.3) is 6.08 Å². The first-order valence-corrected chi connectivity index (χ1v) is 15.3. The third kappa shape index (κ3) is 4.61. The predicted molar refractivity (Wildman–Crippen MR) is 163 cm³/mol.